The highest BCUT2D eigenvalue weighted by atomic mass is 32.2. The fourth-order valence-corrected chi connectivity index (χ4v) is 7.08. The summed E-state index contributed by atoms with van der Waals surface area (Å²) in [5.41, 5.74) is 4.47. The van der Waals surface area contributed by atoms with Crippen LogP contribution < -0.4 is 5.32 Å². The molecule has 0 radical (unpaired) electrons. The highest BCUT2D eigenvalue weighted by Gasteiger charge is 2.40. The first kappa shape index (κ1) is 22.6. The van der Waals surface area contributed by atoms with Gasteiger partial charge >= 0.3 is 0 Å². The second-order valence-corrected chi connectivity index (χ2v) is 11.1. The SMILES string of the molecule is Cc1ccc(-c2nnc(NC(=O)C3CCCN3S(=O)(=O)c3c(C)cc(C)cc3C)s2)cc1. The summed E-state index contributed by atoms with van der Waals surface area (Å²) >= 11 is 1.27. The number of nitrogens with one attached hydrogen (secondary N) is 1. The quantitative estimate of drug-likeness (QED) is 0.602. The van der Waals surface area contributed by atoms with Crippen LogP contribution in [-0.2, 0) is 14.8 Å². The van der Waals surface area contributed by atoms with Crippen molar-refractivity contribution in [2.45, 2.75) is 51.5 Å². The normalized spacial score (nSPS) is 16.9. The van der Waals surface area contributed by atoms with Crippen LogP contribution in [0.15, 0.2) is 41.3 Å². The molecule has 9 heteroatoms. The third-order valence-corrected chi connectivity index (χ3v) is 8.73. The predicted octanol–water partition coefficient (Wildman–Crippen LogP) is 4.23. The molecule has 4 rings (SSSR count). The van der Waals surface area contributed by atoms with Crippen LogP contribution in [0.2, 0.25) is 0 Å². The number of carbonyl (C=O) groups is 1. The highest BCUT2D eigenvalue weighted by molar-refractivity contribution is 7.89. The Hall–Kier alpha value is -2.62. The van der Waals surface area contributed by atoms with Gasteiger partial charge in [-0.2, -0.15) is 4.31 Å². The molecule has 3 aromatic rings. The number of anilines is 1. The monoisotopic (exact) mass is 470 g/mol. The highest BCUT2D eigenvalue weighted by Crippen LogP contribution is 2.32. The molecular formula is C23H26N4O3S2. The number of carbonyl (C=O) groups excluding carboxylic acids is 1. The third kappa shape index (κ3) is 4.32. The standard InChI is InChI=1S/C23H26N4O3S2/c1-14-7-9-18(10-8-14)22-25-26-23(31-22)24-21(28)19-6-5-11-27(19)32(29,30)20-16(3)12-15(2)13-17(20)4/h7-10,12-13,19H,5-6,11H2,1-4H3,(H,24,26,28). The number of sulfonamides is 1. The minimum atomic E-state index is -3.81. The van der Waals surface area contributed by atoms with Gasteiger partial charge in [-0.25, -0.2) is 8.42 Å². The molecule has 0 aliphatic carbocycles. The summed E-state index contributed by atoms with van der Waals surface area (Å²) < 4.78 is 28.3. The van der Waals surface area contributed by atoms with Crippen molar-refractivity contribution in [1.82, 2.24) is 14.5 Å². The molecule has 168 valence electrons. The molecule has 0 bridgehead atoms. The van der Waals surface area contributed by atoms with E-state index in [9.17, 15) is 13.2 Å². The zero-order chi connectivity index (χ0) is 23.0. The van der Waals surface area contributed by atoms with Crippen molar-refractivity contribution in [2.24, 2.45) is 0 Å². The summed E-state index contributed by atoms with van der Waals surface area (Å²) in [4.78, 5) is 13.3. The van der Waals surface area contributed by atoms with Gasteiger partial charge in [-0.05, 0) is 51.7 Å². The maximum absolute atomic E-state index is 13.5. The fourth-order valence-electron chi connectivity index (χ4n) is 4.26. The van der Waals surface area contributed by atoms with Crippen molar-refractivity contribution < 1.29 is 13.2 Å². The molecule has 32 heavy (non-hydrogen) atoms. The third-order valence-electron chi connectivity index (χ3n) is 5.63. The number of amides is 1. The number of nitrogens with zero attached hydrogens (tertiary/aromatic N) is 3. The summed E-state index contributed by atoms with van der Waals surface area (Å²) in [6, 6.07) is 10.8. The zero-order valence-corrected chi connectivity index (χ0v) is 20.2. The molecular weight excluding hydrogens is 444 g/mol. The number of rotatable bonds is 5. The number of aryl methyl sites for hydroxylation is 4. The Morgan fingerprint density at radius 1 is 1.03 bits per heavy atom. The Labute approximate surface area is 192 Å². The topological polar surface area (TPSA) is 92.3 Å². The smallest absolute Gasteiger partial charge is 0.244 e. The lowest BCUT2D eigenvalue weighted by Crippen LogP contribution is -2.43. The molecule has 7 nitrogen and oxygen atoms in total. The number of hydrogen-bond donors (Lipinski definition) is 1. The molecule has 2 aromatic carbocycles. The van der Waals surface area contributed by atoms with Crippen molar-refractivity contribution in [2.75, 3.05) is 11.9 Å². The predicted molar refractivity (Wildman–Crippen MR) is 126 cm³/mol. The van der Waals surface area contributed by atoms with Gasteiger partial charge in [0.2, 0.25) is 21.1 Å². The van der Waals surface area contributed by atoms with Crippen molar-refractivity contribution >= 4 is 32.4 Å². The lowest BCUT2D eigenvalue weighted by Gasteiger charge is -2.25. The lowest BCUT2D eigenvalue weighted by atomic mass is 10.1. The van der Waals surface area contributed by atoms with E-state index >= 15 is 0 Å². The van der Waals surface area contributed by atoms with Crippen LogP contribution in [0, 0.1) is 27.7 Å². The van der Waals surface area contributed by atoms with E-state index in [2.05, 4.69) is 15.5 Å². The Morgan fingerprint density at radius 3 is 2.34 bits per heavy atom. The van der Waals surface area contributed by atoms with Crippen molar-refractivity contribution in [3.8, 4) is 10.6 Å². The largest absolute Gasteiger partial charge is 0.299 e. The molecule has 2 heterocycles. The maximum atomic E-state index is 13.5. The molecule has 1 saturated heterocycles. The summed E-state index contributed by atoms with van der Waals surface area (Å²) in [6.45, 7) is 7.86. The first-order valence-electron chi connectivity index (χ1n) is 10.5. The Balaban J connectivity index is 1.55. The van der Waals surface area contributed by atoms with Gasteiger partial charge in [-0.1, -0.05) is 58.9 Å². The molecule has 0 spiro atoms. The van der Waals surface area contributed by atoms with E-state index in [1.807, 2.05) is 50.2 Å². The average Bonchev–Trinajstić information content (AvgIpc) is 3.37. The van der Waals surface area contributed by atoms with E-state index in [1.165, 1.54) is 15.6 Å². The Bertz CT molecular complexity index is 1240. The van der Waals surface area contributed by atoms with Gasteiger partial charge < -0.3 is 0 Å². The van der Waals surface area contributed by atoms with Gasteiger partial charge in [0, 0.05) is 12.1 Å². The fraction of sp³-hybridized carbons (Fsp3) is 0.348. The Kier molecular flexibility index (Phi) is 6.15. The van der Waals surface area contributed by atoms with E-state index in [1.54, 1.807) is 13.8 Å². The Morgan fingerprint density at radius 2 is 1.69 bits per heavy atom. The molecule has 0 saturated carbocycles. The van der Waals surface area contributed by atoms with Crippen LogP contribution in [0.5, 0.6) is 0 Å². The molecule has 1 atom stereocenters. The summed E-state index contributed by atoms with van der Waals surface area (Å²) in [6.07, 6.45) is 1.10. The summed E-state index contributed by atoms with van der Waals surface area (Å²) in [5, 5.41) is 12.1. The van der Waals surface area contributed by atoms with E-state index < -0.39 is 16.1 Å². The lowest BCUT2D eigenvalue weighted by molar-refractivity contribution is -0.119. The first-order chi connectivity index (χ1) is 15.2. The maximum Gasteiger partial charge on any atom is 0.244 e. The second kappa shape index (κ2) is 8.73. The van der Waals surface area contributed by atoms with Gasteiger partial charge in [0.05, 0.1) is 4.90 Å². The van der Waals surface area contributed by atoms with Crippen LogP contribution in [0.3, 0.4) is 0 Å². The molecule has 1 fully saturated rings. The van der Waals surface area contributed by atoms with E-state index in [0.29, 0.717) is 45.5 Å². The molecule has 1 aliphatic heterocycles. The van der Waals surface area contributed by atoms with Crippen LogP contribution in [0.25, 0.3) is 10.6 Å². The van der Waals surface area contributed by atoms with E-state index in [0.717, 1.165) is 16.7 Å². The number of aromatic nitrogens is 2. The van der Waals surface area contributed by atoms with Gasteiger partial charge in [0.1, 0.15) is 11.0 Å². The van der Waals surface area contributed by atoms with Gasteiger partial charge in [-0.3, -0.25) is 10.1 Å². The van der Waals surface area contributed by atoms with Crippen molar-refractivity contribution in [3.63, 3.8) is 0 Å². The molecule has 1 aromatic heterocycles. The summed E-state index contributed by atoms with van der Waals surface area (Å²) in [5.74, 6) is -0.375. The molecule has 1 aliphatic rings. The van der Waals surface area contributed by atoms with E-state index in [-0.39, 0.29) is 5.91 Å². The van der Waals surface area contributed by atoms with Crippen LogP contribution in [0.4, 0.5) is 5.13 Å². The first-order valence-corrected chi connectivity index (χ1v) is 12.7. The van der Waals surface area contributed by atoms with Gasteiger partial charge in [0.25, 0.3) is 0 Å². The number of hydrogen-bond acceptors (Lipinski definition) is 6. The second-order valence-electron chi connectivity index (χ2n) is 8.27. The van der Waals surface area contributed by atoms with Crippen LogP contribution in [-0.4, -0.2) is 41.4 Å². The minimum Gasteiger partial charge on any atom is -0.299 e. The average molecular weight is 471 g/mol. The van der Waals surface area contributed by atoms with Gasteiger partial charge in [-0.15, -0.1) is 10.2 Å². The number of benzene rings is 2. The summed E-state index contributed by atoms with van der Waals surface area (Å²) in [7, 11) is -3.81. The zero-order valence-electron chi connectivity index (χ0n) is 18.5. The molecule has 1 N–H and O–H groups in total. The molecule has 1 unspecified atom stereocenters. The van der Waals surface area contributed by atoms with Crippen LogP contribution in [0.1, 0.15) is 35.1 Å². The van der Waals surface area contributed by atoms with Crippen molar-refractivity contribution in [3.05, 3.63) is 58.7 Å². The van der Waals surface area contributed by atoms with Gasteiger partial charge in [0.15, 0.2) is 0 Å². The van der Waals surface area contributed by atoms with Crippen molar-refractivity contribution in [1.29, 1.82) is 0 Å². The molecule has 1 amide bonds. The van der Waals surface area contributed by atoms with Crippen LogP contribution >= 0.6 is 11.3 Å². The minimum absolute atomic E-state index is 0.292. The van der Waals surface area contributed by atoms with E-state index in [4.69, 9.17) is 0 Å².